The van der Waals surface area contributed by atoms with Gasteiger partial charge in [0.25, 0.3) is 0 Å². The van der Waals surface area contributed by atoms with E-state index in [-0.39, 0.29) is 5.91 Å². The molecule has 1 amide bonds. The lowest BCUT2D eigenvalue weighted by Gasteiger charge is -2.35. The highest BCUT2D eigenvalue weighted by molar-refractivity contribution is 7.19. The fraction of sp³-hybridized carbons (Fsp3) is 0.257. The largest absolute Gasteiger partial charge is 0.369 e. The fourth-order valence-corrected chi connectivity index (χ4v) is 7.92. The molecule has 0 bridgehead atoms. The number of halogens is 1. The second-order valence-corrected chi connectivity index (χ2v) is 13.2. The molecule has 4 heterocycles. The number of rotatable bonds is 5. The highest BCUT2D eigenvalue weighted by atomic mass is 35.5. The van der Waals surface area contributed by atoms with Crippen LogP contribution in [0, 0.1) is 0 Å². The van der Waals surface area contributed by atoms with Gasteiger partial charge in [-0.3, -0.25) is 14.6 Å². The molecule has 1 fully saturated rings. The fourth-order valence-electron chi connectivity index (χ4n) is 5.55. The van der Waals surface area contributed by atoms with Crippen LogP contribution in [0.2, 0.25) is 0 Å². The summed E-state index contributed by atoms with van der Waals surface area (Å²) in [6.45, 7) is 9.15. The van der Waals surface area contributed by atoms with Gasteiger partial charge in [-0.15, -0.1) is 22.7 Å². The number of piperazine rings is 1. The van der Waals surface area contributed by atoms with E-state index >= 15 is 0 Å². The van der Waals surface area contributed by atoms with E-state index in [1.165, 1.54) is 26.2 Å². The van der Waals surface area contributed by atoms with Crippen molar-refractivity contribution in [3.63, 3.8) is 0 Å². The van der Waals surface area contributed by atoms with Gasteiger partial charge in [0, 0.05) is 62.8 Å². The number of benzene rings is 2. The summed E-state index contributed by atoms with van der Waals surface area (Å²) in [5.74, 6) is 0.0321. The number of carbonyl (C=O) groups is 1. The number of amides is 1. The van der Waals surface area contributed by atoms with Gasteiger partial charge in [0.15, 0.2) is 0 Å². The van der Waals surface area contributed by atoms with Crippen LogP contribution in [0.25, 0.3) is 15.7 Å². The maximum atomic E-state index is 13.4. The van der Waals surface area contributed by atoms with Crippen molar-refractivity contribution in [1.82, 2.24) is 4.90 Å². The minimum atomic E-state index is 0.0321. The molecule has 5 nitrogen and oxygen atoms in total. The molecule has 0 N–H and O–H groups in total. The zero-order chi connectivity index (χ0) is 29.8. The molecule has 0 saturated carbocycles. The van der Waals surface area contributed by atoms with Gasteiger partial charge in [0.05, 0.1) is 17.8 Å². The number of anilines is 2. The summed E-state index contributed by atoms with van der Waals surface area (Å²) in [5.41, 5.74) is 4.22. The van der Waals surface area contributed by atoms with Crippen LogP contribution >= 0.6 is 34.3 Å². The molecule has 0 spiro atoms. The number of nitrogens with zero attached hydrogens (tertiary/aromatic N) is 4. The SMILES string of the molecule is CC.O=C1Cc2sc(C3=CC=C(Cl)C=CC3)cc2N=CN1c1ccc2sc(CN3CCN(c4ccccc4)CC3)cc2c1. The Kier molecular flexibility index (Phi) is 9.24. The third-order valence-corrected chi connectivity index (χ3v) is 10.3. The lowest BCUT2D eigenvalue weighted by molar-refractivity contribution is -0.116. The normalized spacial score (nSPS) is 17.1. The van der Waals surface area contributed by atoms with Crippen molar-refractivity contribution in [3.8, 4) is 0 Å². The highest BCUT2D eigenvalue weighted by Gasteiger charge is 2.23. The molecule has 2 aromatic heterocycles. The van der Waals surface area contributed by atoms with Crippen LogP contribution in [0.15, 0.2) is 95.0 Å². The van der Waals surface area contributed by atoms with E-state index in [4.69, 9.17) is 16.6 Å². The van der Waals surface area contributed by atoms with E-state index < -0.39 is 0 Å². The van der Waals surface area contributed by atoms with Crippen LogP contribution in [0.3, 0.4) is 0 Å². The minimum absolute atomic E-state index is 0.0321. The van der Waals surface area contributed by atoms with Crippen LogP contribution in [-0.2, 0) is 17.8 Å². The van der Waals surface area contributed by atoms with Crippen molar-refractivity contribution < 1.29 is 4.79 Å². The first kappa shape index (κ1) is 29.6. The van der Waals surface area contributed by atoms with Gasteiger partial charge in [0.1, 0.15) is 6.34 Å². The lowest BCUT2D eigenvalue weighted by Crippen LogP contribution is -2.45. The van der Waals surface area contributed by atoms with E-state index in [0.717, 1.165) is 65.3 Å². The number of hydrogen-bond donors (Lipinski definition) is 0. The van der Waals surface area contributed by atoms with Gasteiger partial charge in [-0.2, -0.15) is 0 Å². The molecule has 3 aliphatic rings. The maximum absolute atomic E-state index is 13.4. The number of aliphatic imine (C=N–C) groups is 1. The second-order valence-electron chi connectivity index (χ2n) is 10.5. The molecule has 2 aliphatic heterocycles. The molecule has 0 atom stereocenters. The average Bonchev–Trinajstić information content (AvgIpc) is 3.50. The minimum Gasteiger partial charge on any atom is -0.369 e. The standard InChI is InChI=1S/C33H29ClN4OS2.C2H6/c34-25-6-4-5-23(9-10-25)31-19-29-32(41-31)20-33(39)38(22-35-29)27-11-12-30-24(17-27)18-28(40-30)21-36-13-15-37(16-14-36)26-7-2-1-3-8-26;1-2/h1-4,6-12,17-19,22H,5,13-16,20-21H2;1-2H3. The zero-order valence-electron chi connectivity index (χ0n) is 24.5. The Balaban J connectivity index is 0.00000161. The molecule has 1 saturated heterocycles. The Hall–Kier alpha value is -3.49. The molecular formula is C35H35ClN4OS2. The molecule has 8 heteroatoms. The summed E-state index contributed by atoms with van der Waals surface area (Å²) in [7, 11) is 0. The Morgan fingerprint density at radius 2 is 1.72 bits per heavy atom. The van der Waals surface area contributed by atoms with Crippen molar-refractivity contribution in [2.45, 2.75) is 33.2 Å². The molecule has 4 aromatic rings. The maximum Gasteiger partial charge on any atom is 0.237 e. The first-order chi connectivity index (χ1) is 21.1. The van der Waals surface area contributed by atoms with Gasteiger partial charge < -0.3 is 4.90 Å². The third kappa shape index (κ3) is 6.70. The van der Waals surface area contributed by atoms with Gasteiger partial charge in [-0.05, 0) is 72.0 Å². The monoisotopic (exact) mass is 626 g/mol. The number of allylic oxidation sites excluding steroid dienone is 6. The van der Waals surface area contributed by atoms with E-state index in [1.54, 1.807) is 22.6 Å². The first-order valence-corrected chi connectivity index (χ1v) is 16.9. The molecular weight excluding hydrogens is 592 g/mol. The molecule has 1 aliphatic carbocycles. The van der Waals surface area contributed by atoms with Gasteiger partial charge >= 0.3 is 0 Å². The molecule has 0 radical (unpaired) electrons. The van der Waals surface area contributed by atoms with Gasteiger partial charge in [0.2, 0.25) is 5.91 Å². The van der Waals surface area contributed by atoms with Crippen molar-refractivity contribution in [2.75, 3.05) is 36.0 Å². The number of hydrogen-bond acceptors (Lipinski definition) is 6. The smallest absolute Gasteiger partial charge is 0.237 e. The number of carbonyl (C=O) groups excluding carboxylic acids is 1. The predicted octanol–water partition coefficient (Wildman–Crippen LogP) is 9.03. The Labute approximate surface area is 266 Å². The van der Waals surface area contributed by atoms with Crippen LogP contribution in [0.4, 0.5) is 17.1 Å². The molecule has 2 aromatic carbocycles. The number of thiophene rings is 2. The van der Waals surface area contributed by atoms with Gasteiger partial charge in [-0.25, -0.2) is 4.99 Å². The Morgan fingerprint density at radius 1 is 0.907 bits per heavy atom. The highest BCUT2D eigenvalue weighted by Crippen LogP contribution is 2.38. The quantitative estimate of drug-likeness (QED) is 0.222. The summed E-state index contributed by atoms with van der Waals surface area (Å²) in [6.07, 6.45) is 10.8. The lowest BCUT2D eigenvalue weighted by atomic mass is 10.1. The van der Waals surface area contributed by atoms with Crippen molar-refractivity contribution in [3.05, 3.63) is 105 Å². The molecule has 7 rings (SSSR count). The summed E-state index contributed by atoms with van der Waals surface area (Å²) in [5, 5.41) is 1.89. The first-order valence-electron chi connectivity index (χ1n) is 14.9. The zero-order valence-corrected chi connectivity index (χ0v) is 26.9. The summed E-state index contributed by atoms with van der Waals surface area (Å²) >= 11 is 9.64. The Morgan fingerprint density at radius 3 is 2.53 bits per heavy atom. The second kappa shape index (κ2) is 13.4. The summed E-state index contributed by atoms with van der Waals surface area (Å²) < 4.78 is 1.24. The summed E-state index contributed by atoms with van der Waals surface area (Å²) in [4.78, 5) is 28.3. The van der Waals surface area contributed by atoms with Crippen LogP contribution in [0.5, 0.6) is 0 Å². The molecule has 0 unspecified atom stereocenters. The van der Waals surface area contributed by atoms with Crippen molar-refractivity contribution in [1.29, 1.82) is 0 Å². The van der Waals surface area contributed by atoms with Crippen LogP contribution < -0.4 is 9.80 Å². The summed E-state index contributed by atoms with van der Waals surface area (Å²) in [6, 6.07) is 21.3. The van der Waals surface area contributed by atoms with E-state index in [2.05, 4.69) is 76.5 Å². The topological polar surface area (TPSA) is 39.2 Å². The van der Waals surface area contributed by atoms with E-state index in [1.807, 2.05) is 43.4 Å². The van der Waals surface area contributed by atoms with Crippen molar-refractivity contribution in [2.24, 2.45) is 4.99 Å². The molecule has 220 valence electrons. The van der Waals surface area contributed by atoms with Crippen LogP contribution in [0.1, 0.15) is 34.9 Å². The van der Waals surface area contributed by atoms with Crippen LogP contribution in [-0.4, -0.2) is 43.3 Å². The third-order valence-electron chi connectivity index (χ3n) is 7.76. The Bertz CT molecular complexity index is 1720. The number of fused-ring (bicyclic) bond motifs is 2. The predicted molar refractivity (Wildman–Crippen MR) is 186 cm³/mol. The average molecular weight is 627 g/mol. The van der Waals surface area contributed by atoms with E-state index in [0.29, 0.717) is 6.42 Å². The van der Waals surface area contributed by atoms with Gasteiger partial charge in [-0.1, -0.05) is 55.8 Å². The van der Waals surface area contributed by atoms with Crippen molar-refractivity contribution >= 4 is 79.2 Å². The number of para-hydroxylation sites is 1. The van der Waals surface area contributed by atoms with E-state index in [9.17, 15) is 4.79 Å². The molecule has 43 heavy (non-hydrogen) atoms.